The molecule has 1 aliphatic heterocycles. The van der Waals surface area contributed by atoms with Crippen LogP contribution in [0.1, 0.15) is 32.7 Å². The third-order valence-corrected chi connectivity index (χ3v) is 4.36. The SMILES string of the molecule is O=C(OCc1ccccc1)[C@H](O)[C@@H](O)CCN1C(=O)c2ccccc2C1=O. The Bertz CT molecular complexity index is 816. The molecule has 2 aromatic rings. The second-order valence-corrected chi connectivity index (χ2v) is 6.20. The molecule has 0 radical (unpaired) electrons. The lowest BCUT2D eigenvalue weighted by Gasteiger charge is -2.20. The number of rotatable bonds is 7. The summed E-state index contributed by atoms with van der Waals surface area (Å²) in [5.41, 5.74) is 1.36. The summed E-state index contributed by atoms with van der Waals surface area (Å²) in [6.45, 7) is -0.140. The van der Waals surface area contributed by atoms with Crippen molar-refractivity contribution in [3.63, 3.8) is 0 Å². The normalized spacial score (nSPS) is 15.4. The molecule has 27 heavy (non-hydrogen) atoms. The molecule has 7 heteroatoms. The van der Waals surface area contributed by atoms with E-state index < -0.39 is 30.0 Å². The minimum absolute atomic E-state index is 0.0259. The summed E-state index contributed by atoms with van der Waals surface area (Å²) in [5, 5.41) is 20.0. The Morgan fingerprint density at radius 2 is 1.48 bits per heavy atom. The molecule has 1 heterocycles. The fraction of sp³-hybridized carbons (Fsp3) is 0.250. The van der Waals surface area contributed by atoms with E-state index in [1.807, 2.05) is 6.07 Å². The second kappa shape index (κ2) is 8.11. The first-order valence-electron chi connectivity index (χ1n) is 8.51. The quantitative estimate of drug-likeness (QED) is 0.560. The summed E-state index contributed by atoms with van der Waals surface area (Å²) >= 11 is 0. The number of nitrogens with zero attached hydrogens (tertiary/aromatic N) is 1. The molecule has 3 rings (SSSR count). The molecule has 2 amide bonds. The minimum atomic E-state index is -1.76. The van der Waals surface area contributed by atoms with Crippen molar-refractivity contribution in [2.45, 2.75) is 25.2 Å². The van der Waals surface area contributed by atoms with Crippen molar-refractivity contribution in [2.24, 2.45) is 0 Å². The van der Waals surface area contributed by atoms with Crippen LogP contribution in [0.4, 0.5) is 0 Å². The van der Waals surface area contributed by atoms with E-state index in [0.29, 0.717) is 11.1 Å². The highest BCUT2D eigenvalue weighted by Gasteiger charge is 2.36. The third-order valence-electron chi connectivity index (χ3n) is 4.36. The topological polar surface area (TPSA) is 104 Å². The zero-order chi connectivity index (χ0) is 19.4. The lowest BCUT2D eigenvalue weighted by atomic mass is 10.1. The average Bonchev–Trinajstić information content (AvgIpc) is 2.95. The fourth-order valence-corrected chi connectivity index (χ4v) is 2.83. The van der Waals surface area contributed by atoms with Gasteiger partial charge in [-0.25, -0.2) is 4.79 Å². The molecule has 0 saturated heterocycles. The molecule has 2 atom stereocenters. The molecular weight excluding hydrogens is 350 g/mol. The third kappa shape index (κ3) is 4.05. The maximum absolute atomic E-state index is 12.3. The summed E-state index contributed by atoms with van der Waals surface area (Å²) in [5.74, 6) is -1.87. The molecule has 140 valence electrons. The van der Waals surface area contributed by atoms with Gasteiger partial charge in [-0.05, 0) is 24.1 Å². The van der Waals surface area contributed by atoms with Crippen LogP contribution in [0.25, 0.3) is 0 Å². The van der Waals surface area contributed by atoms with Crippen LogP contribution in [0.15, 0.2) is 54.6 Å². The van der Waals surface area contributed by atoms with Crippen LogP contribution in [0.5, 0.6) is 0 Å². The first-order valence-corrected chi connectivity index (χ1v) is 8.51. The summed E-state index contributed by atoms with van der Waals surface area (Å²) in [4.78, 5) is 37.4. The average molecular weight is 369 g/mol. The van der Waals surface area contributed by atoms with Gasteiger partial charge in [0, 0.05) is 6.54 Å². The second-order valence-electron chi connectivity index (χ2n) is 6.20. The molecular formula is C20H19NO6. The van der Waals surface area contributed by atoms with E-state index in [4.69, 9.17) is 4.74 Å². The number of aliphatic hydroxyl groups is 2. The van der Waals surface area contributed by atoms with Crippen LogP contribution >= 0.6 is 0 Å². The lowest BCUT2D eigenvalue weighted by Crippen LogP contribution is -2.39. The first-order chi connectivity index (χ1) is 13.0. The highest BCUT2D eigenvalue weighted by Crippen LogP contribution is 2.23. The van der Waals surface area contributed by atoms with Crippen molar-refractivity contribution in [1.29, 1.82) is 0 Å². The Hall–Kier alpha value is -3.03. The van der Waals surface area contributed by atoms with Gasteiger partial charge in [-0.15, -0.1) is 0 Å². The van der Waals surface area contributed by atoms with Gasteiger partial charge < -0.3 is 14.9 Å². The van der Waals surface area contributed by atoms with Gasteiger partial charge in [0.1, 0.15) is 6.61 Å². The van der Waals surface area contributed by atoms with Crippen molar-refractivity contribution >= 4 is 17.8 Å². The molecule has 2 aromatic carbocycles. The summed E-state index contributed by atoms with van der Waals surface area (Å²) < 4.78 is 4.98. The van der Waals surface area contributed by atoms with Crippen molar-refractivity contribution in [3.8, 4) is 0 Å². The van der Waals surface area contributed by atoms with E-state index in [9.17, 15) is 24.6 Å². The highest BCUT2D eigenvalue weighted by atomic mass is 16.5. The molecule has 7 nitrogen and oxygen atoms in total. The molecule has 2 N–H and O–H groups in total. The number of fused-ring (bicyclic) bond motifs is 1. The molecule has 0 saturated carbocycles. The highest BCUT2D eigenvalue weighted by molar-refractivity contribution is 6.21. The molecule has 0 aromatic heterocycles. The van der Waals surface area contributed by atoms with Crippen LogP contribution in [0.3, 0.4) is 0 Å². The van der Waals surface area contributed by atoms with Crippen LogP contribution in [-0.2, 0) is 16.1 Å². The van der Waals surface area contributed by atoms with Crippen molar-refractivity contribution in [2.75, 3.05) is 6.54 Å². The van der Waals surface area contributed by atoms with E-state index in [1.165, 1.54) is 0 Å². The van der Waals surface area contributed by atoms with Gasteiger partial charge in [0.15, 0.2) is 6.10 Å². The molecule has 0 unspecified atom stereocenters. The van der Waals surface area contributed by atoms with Crippen molar-refractivity contribution in [1.82, 2.24) is 4.90 Å². The minimum Gasteiger partial charge on any atom is -0.459 e. The fourth-order valence-electron chi connectivity index (χ4n) is 2.83. The van der Waals surface area contributed by atoms with E-state index in [0.717, 1.165) is 10.5 Å². The zero-order valence-electron chi connectivity index (χ0n) is 14.4. The Morgan fingerprint density at radius 3 is 2.07 bits per heavy atom. The molecule has 1 aliphatic rings. The van der Waals surface area contributed by atoms with Crippen LogP contribution in [-0.4, -0.2) is 51.6 Å². The number of hydrogen-bond acceptors (Lipinski definition) is 6. The number of carbonyl (C=O) groups excluding carboxylic acids is 3. The number of carbonyl (C=O) groups is 3. The monoisotopic (exact) mass is 369 g/mol. The van der Waals surface area contributed by atoms with Gasteiger partial charge in [0.2, 0.25) is 0 Å². The van der Waals surface area contributed by atoms with Gasteiger partial charge in [-0.2, -0.15) is 0 Å². The van der Waals surface area contributed by atoms with Gasteiger partial charge in [0.05, 0.1) is 17.2 Å². The van der Waals surface area contributed by atoms with E-state index in [2.05, 4.69) is 0 Å². The van der Waals surface area contributed by atoms with Gasteiger partial charge in [-0.1, -0.05) is 42.5 Å². The van der Waals surface area contributed by atoms with Gasteiger partial charge >= 0.3 is 5.97 Å². The Morgan fingerprint density at radius 1 is 0.926 bits per heavy atom. The van der Waals surface area contributed by atoms with Crippen LogP contribution in [0, 0.1) is 0 Å². The molecule has 0 bridgehead atoms. The van der Waals surface area contributed by atoms with Crippen LogP contribution in [0.2, 0.25) is 0 Å². The smallest absolute Gasteiger partial charge is 0.338 e. The number of benzene rings is 2. The number of hydrogen-bond donors (Lipinski definition) is 2. The molecule has 0 fully saturated rings. The van der Waals surface area contributed by atoms with Crippen molar-refractivity contribution in [3.05, 3.63) is 71.3 Å². The number of amides is 2. The summed E-state index contributed by atoms with van der Waals surface area (Å²) in [6.07, 6.45) is -3.37. The van der Waals surface area contributed by atoms with E-state index in [-0.39, 0.29) is 19.6 Å². The number of aliphatic hydroxyl groups excluding tert-OH is 2. The predicted octanol–water partition coefficient (Wildman–Crippen LogP) is 1.14. The summed E-state index contributed by atoms with van der Waals surface area (Å²) in [6, 6.07) is 15.4. The van der Waals surface area contributed by atoms with Crippen molar-refractivity contribution < 1.29 is 29.3 Å². The van der Waals surface area contributed by atoms with Gasteiger partial charge in [0.25, 0.3) is 11.8 Å². The number of imide groups is 1. The van der Waals surface area contributed by atoms with E-state index >= 15 is 0 Å². The largest absolute Gasteiger partial charge is 0.459 e. The Balaban J connectivity index is 1.51. The summed E-state index contributed by atoms with van der Waals surface area (Å²) in [7, 11) is 0. The number of esters is 1. The predicted molar refractivity (Wildman–Crippen MR) is 94.7 cm³/mol. The van der Waals surface area contributed by atoms with Crippen LogP contribution < -0.4 is 0 Å². The van der Waals surface area contributed by atoms with Gasteiger partial charge in [-0.3, -0.25) is 14.5 Å². The standard InChI is InChI=1S/C20H19NO6/c22-16(17(23)20(26)27-12-13-6-2-1-3-7-13)10-11-21-18(24)14-8-4-5-9-15(14)19(21)25/h1-9,16-17,22-23H,10-12H2/t16-,17+/m0/s1. The maximum atomic E-state index is 12.3. The zero-order valence-corrected chi connectivity index (χ0v) is 14.4. The Kier molecular flexibility index (Phi) is 5.63. The maximum Gasteiger partial charge on any atom is 0.338 e. The number of ether oxygens (including phenoxy) is 1. The lowest BCUT2D eigenvalue weighted by molar-refractivity contribution is -0.161. The Labute approximate surface area is 155 Å². The molecule has 0 spiro atoms. The van der Waals surface area contributed by atoms with E-state index in [1.54, 1.807) is 48.5 Å². The first kappa shape index (κ1) is 18.8. The molecule has 0 aliphatic carbocycles.